The molecule has 2 heteroatoms. The zero-order valence-corrected chi connectivity index (χ0v) is 11.5. The summed E-state index contributed by atoms with van der Waals surface area (Å²) in [4.78, 5) is 0. The minimum Gasteiger partial charge on any atom is -0.310 e. The van der Waals surface area contributed by atoms with Gasteiger partial charge in [0.25, 0.3) is 0 Å². The van der Waals surface area contributed by atoms with Gasteiger partial charge in [0.2, 0.25) is 0 Å². The van der Waals surface area contributed by atoms with Crippen LogP contribution in [0.25, 0.3) is 0 Å². The first-order chi connectivity index (χ1) is 7.88. The molecule has 2 aliphatic rings. The second-order valence-electron chi connectivity index (χ2n) is 5.59. The third-order valence-electron chi connectivity index (χ3n) is 4.19. The highest BCUT2D eigenvalue weighted by atomic mass is 32.2. The lowest BCUT2D eigenvalue weighted by Gasteiger charge is -2.21. The Labute approximate surface area is 105 Å². The van der Waals surface area contributed by atoms with Gasteiger partial charge < -0.3 is 5.32 Å². The van der Waals surface area contributed by atoms with E-state index in [0.29, 0.717) is 0 Å². The molecule has 1 aliphatic carbocycles. The molecule has 16 heavy (non-hydrogen) atoms. The number of thioether (sulfide) groups is 1. The van der Waals surface area contributed by atoms with Crippen molar-refractivity contribution < 1.29 is 0 Å². The largest absolute Gasteiger partial charge is 0.310 e. The summed E-state index contributed by atoms with van der Waals surface area (Å²) >= 11 is 2.12. The van der Waals surface area contributed by atoms with Crippen molar-refractivity contribution in [2.75, 3.05) is 11.5 Å². The second kappa shape index (κ2) is 6.90. The lowest BCUT2D eigenvalue weighted by atomic mass is 9.95. The van der Waals surface area contributed by atoms with E-state index in [1.54, 1.807) is 0 Å². The monoisotopic (exact) mass is 241 g/mol. The summed E-state index contributed by atoms with van der Waals surface area (Å²) in [5.74, 6) is 3.77. The summed E-state index contributed by atoms with van der Waals surface area (Å²) in [6, 6.07) is 1.67. The first-order valence-electron chi connectivity index (χ1n) is 7.22. The third kappa shape index (κ3) is 3.96. The van der Waals surface area contributed by atoms with Gasteiger partial charge in [0.05, 0.1) is 0 Å². The Morgan fingerprint density at radius 3 is 2.75 bits per heavy atom. The topological polar surface area (TPSA) is 12.0 Å². The van der Waals surface area contributed by atoms with Crippen LogP contribution in [0.3, 0.4) is 0 Å². The summed E-state index contributed by atoms with van der Waals surface area (Å²) < 4.78 is 0. The molecule has 0 amide bonds. The summed E-state index contributed by atoms with van der Waals surface area (Å²) in [6.45, 7) is 2.33. The summed E-state index contributed by atoms with van der Waals surface area (Å²) in [6.07, 6.45) is 11.5. The van der Waals surface area contributed by atoms with Crippen LogP contribution in [0.2, 0.25) is 0 Å². The molecule has 0 spiro atoms. The van der Waals surface area contributed by atoms with E-state index in [9.17, 15) is 0 Å². The Hall–Kier alpha value is 0.310. The van der Waals surface area contributed by atoms with Crippen molar-refractivity contribution in [1.29, 1.82) is 0 Å². The maximum Gasteiger partial charge on any atom is 0.0168 e. The quantitative estimate of drug-likeness (QED) is 0.751. The van der Waals surface area contributed by atoms with Crippen LogP contribution in [0.1, 0.15) is 58.3 Å². The van der Waals surface area contributed by atoms with Gasteiger partial charge in [0.15, 0.2) is 0 Å². The van der Waals surface area contributed by atoms with Crippen molar-refractivity contribution in [3.63, 3.8) is 0 Å². The average molecular weight is 241 g/mol. The number of rotatable bonds is 4. The molecule has 2 fully saturated rings. The minimum absolute atomic E-state index is 0.831. The predicted octanol–water partition coefficient (Wildman–Crippen LogP) is 3.83. The average Bonchev–Trinajstić information content (AvgIpc) is 2.68. The van der Waals surface area contributed by atoms with Crippen LogP contribution in [0, 0.1) is 5.92 Å². The van der Waals surface area contributed by atoms with Crippen molar-refractivity contribution in [2.45, 2.75) is 70.4 Å². The molecule has 0 aromatic heterocycles. The summed E-state index contributed by atoms with van der Waals surface area (Å²) in [5, 5.41) is 3.90. The van der Waals surface area contributed by atoms with E-state index in [0.717, 1.165) is 18.0 Å². The number of hydrogen-bond acceptors (Lipinski definition) is 2. The Bertz CT molecular complexity index is 189. The van der Waals surface area contributed by atoms with Crippen molar-refractivity contribution in [3.05, 3.63) is 0 Å². The van der Waals surface area contributed by atoms with Crippen LogP contribution in [-0.2, 0) is 0 Å². The lowest BCUT2D eigenvalue weighted by molar-refractivity contribution is 0.391. The van der Waals surface area contributed by atoms with Crippen LogP contribution in [-0.4, -0.2) is 23.6 Å². The fourth-order valence-electron chi connectivity index (χ4n) is 3.24. The van der Waals surface area contributed by atoms with Crippen LogP contribution in [0.5, 0.6) is 0 Å². The van der Waals surface area contributed by atoms with Gasteiger partial charge >= 0.3 is 0 Å². The molecule has 1 saturated heterocycles. The van der Waals surface area contributed by atoms with E-state index in [2.05, 4.69) is 24.0 Å². The Kier molecular flexibility index (Phi) is 5.51. The Morgan fingerprint density at radius 2 is 2.00 bits per heavy atom. The second-order valence-corrected chi connectivity index (χ2v) is 6.74. The molecule has 0 aromatic carbocycles. The smallest absolute Gasteiger partial charge is 0.0168 e. The van der Waals surface area contributed by atoms with E-state index in [1.807, 2.05) is 0 Å². The van der Waals surface area contributed by atoms with Gasteiger partial charge in [-0.3, -0.25) is 0 Å². The van der Waals surface area contributed by atoms with Crippen LogP contribution >= 0.6 is 11.8 Å². The zero-order valence-electron chi connectivity index (χ0n) is 10.7. The molecule has 0 aromatic rings. The first kappa shape index (κ1) is 12.8. The van der Waals surface area contributed by atoms with E-state index in [1.165, 1.54) is 62.9 Å². The molecule has 1 heterocycles. The van der Waals surface area contributed by atoms with E-state index >= 15 is 0 Å². The molecule has 0 radical (unpaired) electrons. The van der Waals surface area contributed by atoms with Crippen LogP contribution in [0.15, 0.2) is 0 Å². The van der Waals surface area contributed by atoms with Crippen LogP contribution in [0.4, 0.5) is 0 Å². The molecule has 3 atom stereocenters. The maximum absolute atomic E-state index is 3.90. The lowest BCUT2D eigenvalue weighted by Crippen LogP contribution is -2.38. The van der Waals surface area contributed by atoms with Gasteiger partial charge in [-0.2, -0.15) is 11.8 Å². The fraction of sp³-hybridized carbons (Fsp3) is 1.00. The molecule has 1 aliphatic heterocycles. The summed E-state index contributed by atoms with van der Waals surface area (Å²) in [5.41, 5.74) is 0. The molecule has 1 nitrogen and oxygen atoms in total. The number of nitrogens with one attached hydrogen (secondary N) is 1. The molecule has 3 unspecified atom stereocenters. The van der Waals surface area contributed by atoms with E-state index in [-0.39, 0.29) is 0 Å². The maximum atomic E-state index is 3.90. The van der Waals surface area contributed by atoms with Gasteiger partial charge in [-0.1, -0.05) is 32.6 Å². The highest BCUT2D eigenvalue weighted by Gasteiger charge is 2.22. The zero-order chi connectivity index (χ0) is 11.2. The SMILES string of the molecule is CCCC1CCCC(NC2CCSC2)CC1. The third-order valence-corrected chi connectivity index (χ3v) is 5.35. The molecule has 0 bridgehead atoms. The van der Waals surface area contributed by atoms with Gasteiger partial charge in [-0.05, 0) is 37.4 Å². The van der Waals surface area contributed by atoms with Crippen LogP contribution < -0.4 is 5.32 Å². The van der Waals surface area contributed by atoms with Crippen molar-refractivity contribution >= 4 is 11.8 Å². The molecule has 1 saturated carbocycles. The Balaban J connectivity index is 1.70. The standard InChI is InChI=1S/C14H27NS/c1-2-4-12-5-3-6-13(8-7-12)15-14-9-10-16-11-14/h12-15H,2-11H2,1H3. The molecule has 1 N–H and O–H groups in total. The normalized spacial score (nSPS) is 36.2. The molecule has 94 valence electrons. The molecular formula is C14H27NS. The fourth-order valence-corrected chi connectivity index (χ4v) is 4.41. The Morgan fingerprint density at radius 1 is 1.06 bits per heavy atom. The van der Waals surface area contributed by atoms with Gasteiger partial charge in [-0.25, -0.2) is 0 Å². The van der Waals surface area contributed by atoms with Gasteiger partial charge in [-0.15, -0.1) is 0 Å². The van der Waals surface area contributed by atoms with Crippen molar-refractivity contribution in [1.82, 2.24) is 5.32 Å². The van der Waals surface area contributed by atoms with E-state index < -0.39 is 0 Å². The van der Waals surface area contributed by atoms with E-state index in [4.69, 9.17) is 0 Å². The van der Waals surface area contributed by atoms with Crippen molar-refractivity contribution in [3.8, 4) is 0 Å². The predicted molar refractivity (Wildman–Crippen MR) is 74.1 cm³/mol. The highest BCUT2D eigenvalue weighted by molar-refractivity contribution is 7.99. The highest BCUT2D eigenvalue weighted by Crippen LogP contribution is 2.28. The van der Waals surface area contributed by atoms with Crippen molar-refractivity contribution in [2.24, 2.45) is 5.92 Å². The molecule has 2 rings (SSSR count). The van der Waals surface area contributed by atoms with Gasteiger partial charge in [0.1, 0.15) is 0 Å². The first-order valence-corrected chi connectivity index (χ1v) is 8.37. The number of hydrogen-bond donors (Lipinski definition) is 1. The summed E-state index contributed by atoms with van der Waals surface area (Å²) in [7, 11) is 0. The van der Waals surface area contributed by atoms with Gasteiger partial charge in [0, 0.05) is 17.8 Å². The molecular weight excluding hydrogens is 214 g/mol. The minimum atomic E-state index is 0.831.